The van der Waals surface area contributed by atoms with Crippen LogP contribution in [0.5, 0.6) is 5.75 Å². The summed E-state index contributed by atoms with van der Waals surface area (Å²) in [5.41, 5.74) is 1.76. The topological polar surface area (TPSA) is 80.1 Å². The molecule has 3 aromatic rings. The molecule has 4 rings (SSSR count). The lowest BCUT2D eigenvalue weighted by Gasteiger charge is -2.33. The number of sulfonamides is 1. The maximum absolute atomic E-state index is 12.8. The average molecular weight is 414 g/mol. The van der Waals surface area contributed by atoms with E-state index >= 15 is 0 Å². The van der Waals surface area contributed by atoms with Crippen LogP contribution in [0.1, 0.15) is 16.1 Å². The van der Waals surface area contributed by atoms with Crippen molar-refractivity contribution < 1.29 is 22.4 Å². The molecule has 1 saturated heterocycles. The molecule has 7 nitrogen and oxygen atoms in total. The van der Waals surface area contributed by atoms with Gasteiger partial charge in [-0.15, -0.1) is 0 Å². The summed E-state index contributed by atoms with van der Waals surface area (Å²) >= 11 is 0. The van der Waals surface area contributed by atoms with E-state index in [0.717, 1.165) is 10.9 Å². The Labute approximate surface area is 169 Å². The van der Waals surface area contributed by atoms with Crippen LogP contribution in [0.4, 0.5) is 0 Å². The quantitative estimate of drug-likeness (QED) is 0.656. The summed E-state index contributed by atoms with van der Waals surface area (Å²) in [5, 5.41) is 0.883. The maximum Gasteiger partial charge on any atom is 0.289 e. The van der Waals surface area contributed by atoms with Crippen LogP contribution in [0.25, 0.3) is 11.0 Å². The van der Waals surface area contributed by atoms with E-state index in [0.29, 0.717) is 24.4 Å². The van der Waals surface area contributed by atoms with Gasteiger partial charge in [0.15, 0.2) is 5.76 Å². The van der Waals surface area contributed by atoms with E-state index in [1.807, 2.05) is 25.1 Å². The SMILES string of the molecule is COc1ccc(S(=O)(=O)N2CCN(C(=O)c3cc4cc(C)ccc4o3)CC2)cc1. The highest BCUT2D eigenvalue weighted by atomic mass is 32.2. The molecule has 1 amide bonds. The van der Waals surface area contributed by atoms with Crippen molar-refractivity contribution in [3.8, 4) is 5.75 Å². The Balaban J connectivity index is 1.45. The molecule has 29 heavy (non-hydrogen) atoms. The van der Waals surface area contributed by atoms with Gasteiger partial charge in [0.2, 0.25) is 10.0 Å². The van der Waals surface area contributed by atoms with Crippen molar-refractivity contribution in [2.45, 2.75) is 11.8 Å². The third-order valence-electron chi connectivity index (χ3n) is 5.11. The molecule has 0 aliphatic carbocycles. The van der Waals surface area contributed by atoms with Gasteiger partial charge in [0.25, 0.3) is 5.91 Å². The number of furan rings is 1. The minimum Gasteiger partial charge on any atom is -0.497 e. The number of ether oxygens (including phenoxy) is 1. The second-order valence-electron chi connectivity index (χ2n) is 7.02. The monoisotopic (exact) mass is 414 g/mol. The minimum atomic E-state index is -3.61. The number of hydrogen-bond donors (Lipinski definition) is 0. The van der Waals surface area contributed by atoms with Crippen LogP contribution in [-0.2, 0) is 10.0 Å². The zero-order valence-corrected chi connectivity index (χ0v) is 17.1. The summed E-state index contributed by atoms with van der Waals surface area (Å²) in [7, 11) is -2.08. The number of methoxy groups -OCH3 is 1. The molecule has 2 aromatic carbocycles. The first-order valence-electron chi connectivity index (χ1n) is 9.32. The smallest absolute Gasteiger partial charge is 0.289 e. The van der Waals surface area contributed by atoms with Crippen molar-refractivity contribution in [1.29, 1.82) is 0 Å². The predicted molar refractivity (Wildman–Crippen MR) is 109 cm³/mol. The fourth-order valence-corrected chi connectivity index (χ4v) is 4.87. The Kier molecular flexibility index (Phi) is 5.06. The number of nitrogens with zero attached hydrogens (tertiary/aromatic N) is 2. The molecule has 0 saturated carbocycles. The molecule has 0 atom stereocenters. The van der Waals surface area contributed by atoms with Crippen molar-refractivity contribution in [2.24, 2.45) is 0 Å². The van der Waals surface area contributed by atoms with E-state index in [2.05, 4.69) is 0 Å². The number of hydrogen-bond acceptors (Lipinski definition) is 5. The number of benzene rings is 2. The number of carbonyl (C=O) groups excluding carboxylic acids is 1. The molecule has 1 fully saturated rings. The Morgan fingerprint density at radius 3 is 2.34 bits per heavy atom. The third-order valence-corrected chi connectivity index (χ3v) is 7.02. The molecule has 0 spiro atoms. The van der Waals surface area contributed by atoms with Gasteiger partial charge in [-0.05, 0) is 49.4 Å². The first kappa shape index (κ1) is 19.5. The molecule has 0 radical (unpaired) electrons. The van der Waals surface area contributed by atoms with E-state index in [9.17, 15) is 13.2 Å². The second-order valence-corrected chi connectivity index (χ2v) is 8.96. The summed E-state index contributed by atoms with van der Waals surface area (Å²) in [4.78, 5) is 14.6. The zero-order chi connectivity index (χ0) is 20.6. The molecule has 0 N–H and O–H groups in total. The lowest BCUT2D eigenvalue weighted by Crippen LogP contribution is -2.50. The molecule has 0 bridgehead atoms. The zero-order valence-electron chi connectivity index (χ0n) is 16.3. The van der Waals surface area contributed by atoms with Gasteiger partial charge in [0.05, 0.1) is 12.0 Å². The highest BCUT2D eigenvalue weighted by Gasteiger charge is 2.31. The first-order chi connectivity index (χ1) is 13.9. The second kappa shape index (κ2) is 7.53. The standard InChI is InChI=1S/C21H22N2O5S/c1-15-3-8-19-16(13-15)14-20(28-19)21(24)22-9-11-23(12-10-22)29(25,26)18-6-4-17(27-2)5-7-18/h3-8,13-14H,9-12H2,1-2H3. The van der Waals surface area contributed by atoms with Gasteiger partial charge in [-0.1, -0.05) is 11.6 Å². The summed E-state index contributed by atoms with van der Waals surface area (Å²) in [6, 6.07) is 13.8. The van der Waals surface area contributed by atoms with Crippen molar-refractivity contribution in [3.05, 3.63) is 59.9 Å². The van der Waals surface area contributed by atoms with E-state index < -0.39 is 10.0 Å². The largest absolute Gasteiger partial charge is 0.497 e. The van der Waals surface area contributed by atoms with E-state index in [1.165, 1.54) is 23.5 Å². The van der Waals surface area contributed by atoms with Crippen LogP contribution in [0, 0.1) is 6.92 Å². The number of aryl methyl sites for hydroxylation is 1. The summed E-state index contributed by atoms with van der Waals surface area (Å²) in [6.07, 6.45) is 0. The van der Waals surface area contributed by atoms with Gasteiger partial charge < -0.3 is 14.1 Å². The Hall–Kier alpha value is -2.84. The summed E-state index contributed by atoms with van der Waals surface area (Å²) < 4.78 is 37.9. The van der Waals surface area contributed by atoms with Gasteiger partial charge in [-0.2, -0.15) is 4.31 Å². The molecule has 1 aliphatic rings. The van der Waals surface area contributed by atoms with Crippen LogP contribution in [0.3, 0.4) is 0 Å². The van der Waals surface area contributed by atoms with E-state index in [4.69, 9.17) is 9.15 Å². The van der Waals surface area contributed by atoms with Gasteiger partial charge in [-0.25, -0.2) is 8.42 Å². The molecular formula is C21H22N2O5S. The third kappa shape index (κ3) is 3.73. The molecule has 0 unspecified atom stereocenters. The van der Waals surface area contributed by atoms with E-state index in [-0.39, 0.29) is 29.7 Å². The molecular weight excluding hydrogens is 392 g/mol. The molecule has 1 aliphatic heterocycles. The van der Waals surface area contributed by atoms with Crippen molar-refractivity contribution in [3.63, 3.8) is 0 Å². The van der Waals surface area contributed by atoms with Crippen molar-refractivity contribution in [1.82, 2.24) is 9.21 Å². The minimum absolute atomic E-state index is 0.214. The fourth-order valence-electron chi connectivity index (χ4n) is 3.45. The first-order valence-corrected chi connectivity index (χ1v) is 10.8. The maximum atomic E-state index is 12.8. The van der Waals surface area contributed by atoms with Gasteiger partial charge in [-0.3, -0.25) is 4.79 Å². The van der Waals surface area contributed by atoms with Crippen molar-refractivity contribution in [2.75, 3.05) is 33.3 Å². The normalized spacial score (nSPS) is 15.6. The lowest BCUT2D eigenvalue weighted by molar-refractivity contribution is 0.0668. The predicted octanol–water partition coefficient (Wildman–Crippen LogP) is 2.90. The van der Waals surface area contributed by atoms with E-state index in [1.54, 1.807) is 23.1 Å². The highest BCUT2D eigenvalue weighted by Crippen LogP contribution is 2.24. The molecule has 1 aromatic heterocycles. The summed E-state index contributed by atoms with van der Waals surface area (Å²) in [5.74, 6) is 0.651. The molecule has 8 heteroatoms. The molecule has 2 heterocycles. The average Bonchev–Trinajstić information content (AvgIpc) is 3.16. The summed E-state index contributed by atoms with van der Waals surface area (Å²) in [6.45, 7) is 3.07. The Bertz CT molecular complexity index is 1140. The Morgan fingerprint density at radius 2 is 1.69 bits per heavy atom. The number of fused-ring (bicyclic) bond motifs is 1. The molecule has 152 valence electrons. The highest BCUT2D eigenvalue weighted by molar-refractivity contribution is 7.89. The van der Waals surface area contributed by atoms with Crippen molar-refractivity contribution >= 4 is 26.9 Å². The fraction of sp³-hybridized carbons (Fsp3) is 0.286. The lowest BCUT2D eigenvalue weighted by atomic mass is 10.2. The number of rotatable bonds is 4. The van der Waals surface area contributed by atoms with Gasteiger partial charge in [0.1, 0.15) is 11.3 Å². The number of piperazine rings is 1. The number of carbonyl (C=O) groups is 1. The van der Waals surface area contributed by atoms with Crippen LogP contribution < -0.4 is 4.74 Å². The van der Waals surface area contributed by atoms with Crippen LogP contribution in [0.2, 0.25) is 0 Å². The number of amides is 1. The van der Waals surface area contributed by atoms with Crippen LogP contribution in [0.15, 0.2) is 57.8 Å². The Morgan fingerprint density at radius 1 is 1.00 bits per heavy atom. The van der Waals surface area contributed by atoms with Gasteiger partial charge >= 0.3 is 0 Å². The van der Waals surface area contributed by atoms with Gasteiger partial charge in [0, 0.05) is 31.6 Å². The van der Waals surface area contributed by atoms with Crippen LogP contribution >= 0.6 is 0 Å². The van der Waals surface area contributed by atoms with Crippen LogP contribution in [-0.4, -0.2) is 56.8 Å².